The van der Waals surface area contributed by atoms with Crippen molar-refractivity contribution < 1.29 is 67.3 Å². The van der Waals surface area contributed by atoms with Crippen LogP contribution >= 0.6 is 0 Å². The summed E-state index contributed by atoms with van der Waals surface area (Å²) in [5.41, 5.74) is -8.85. The van der Waals surface area contributed by atoms with Crippen LogP contribution in [-0.4, -0.2) is 118 Å². The number of fused-ring (bicyclic) bond motifs is 4. The molecule has 338 valence electrons. The number of hydrogen-bond acceptors (Lipinski definition) is 9. The zero-order valence-electron chi connectivity index (χ0n) is 33.9. The van der Waals surface area contributed by atoms with Crippen molar-refractivity contribution in [2.45, 2.75) is 100 Å². The number of aromatic nitrogens is 3. The maximum Gasteiger partial charge on any atom is 0.435 e. The Morgan fingerprint density at radius 2 is 1.62 bits per heavy atom. The number of pyridine rings is 1. The molecule has 4 aliphatic rings. The summed E-state index contributed by atoms with van der Waals surface area (Å²) in [5.74, 6) is 0.774. The van der Waals surface area contributed by atoms with Gasteiger partial charge in [-0.25, -0.2) is 18.6 Å². The molecule has 0 spiro atoms. The standard InChI is InChI=1S/C42H39F11N6O4/c1-5-25-27(43)12-10-22-8-6-9-26(29(22)25)32-31(44)33-30-28(54-32)13-11-23-19-57(36(60)63-37(2,3)4)16-17-59(23)34(30)56-35(55-33)61-21-38-14-7-15-58(38)20-24(18-38)62-39(40(45,46)47,41(48,49)50)42(51,52)53/h1,6,8-10,12,23-24H,7,11,13-21H2,2-4H3/t23-,24-,38+/m1/s1. The van der Waals surface area contributed by atoms with Crippen molar-refractivity contribution in [1.29, 1.82) is 0 Å². The quantitative estimate of drug-likeness (QED) is 0.139. The van der Waals surface area contributed by atoms with Crippen molar-refractivity contribution in [3.8, 4) is 29.6 Å². The van der Waals surface area contributed by atoms with Crippen LogP contribution in [0.2, 0.25) is 0 Å². The number of piperazine rings is 1. The summed E-state index contributed by atoms with van der Waals surface area (Å²) < 4.78 is 173. The van der Waals surface area contributed by atoms with Gasteiger partial charge in [-0.15, -0.1) is 6.42 Å². The van der Waals surface area contributed by atoms with E-state index in [9.17, 15) is 44.3 Å². The Bertz CT molecular complexity index is 2480. The summed E-state index contributed by atoms with van der Waals surface area (Å²) >= 11 is 0. The number of carbonyl (C=O) groups excluding carboxylic acids is 1. The van der Waals surface area contributed by atoms with E-state index in [0.717, 1.165) is 0 Å². The summed E-state index contributed by atoms with van der Waals surface area (Å²) in [6, 6.07) is 6.54. The molecule has 8 rings (SSSR count). The fourth-order valence-corrected chi connectivity index (χ4v) is 9.38. The summed E-state index contributed by atoms with van der Waals surface area (Å²) in [4.78, 5) is 31.8. The average molecular weight is 901 g/mol. The molecule has 3 saturated heterocycles. The summed E-state index contributed by atoms with van der Waals surface area (Å²) in [6.45, 7) is 4.49. The van der Waals surface area contributed by atoms with Gasteiger partial charge in [0.15, 0.2) is 5.82 Å². The zero-order valence-corrected chi connectivity index (χ0v) is 33.9. The van der Waals surface area contributed by atoms with Crippen LogP contribution in [-0.2, 0) is 15.9 Å². The molecule has 4 aliphatic heterocycles. The van der Waals surface area contributed by atoms with E-state index in [0.29, 0.717) is 23.9 Å². The van der Waals surface area contributed by atoms with E-state index >= 15 is 8.78 Å². The van der Waals surface area contributed by atoms with E-state index in [4.69, 9.17) is 20.9 Å². The third-order valence-corrected chi connectivity index (χ3v) is 12.1. The lowest BCUT2D eigenvalue weighted by molar-refractivity contribution is -0.463. The molecule has 3 atom stereocenters. The predicted molar refractivity (Wildman–Crippen MR) is 205 cm³/mol. The van der Waals surface area contributed by atoms with E-state index in [1.165, 1.54) is 28.0 Å². The lowest BCUT2D eigenvalue weighted by atomic mass is 9.93. The van der Waals surface area contributed by atoms with Crippen molar-refractivity contribution in [3.05, 3.63) is 53.2 Å². The van der Waals surface area contributed by atoms with E-state index < -0.39 is 90.7 Å². The highest BCUT2D eigenvalue weighted by Gasteiger charge is 2.86. The number of rotatable bonds is 6. The molecule has 4 aromatic rings. The van der Waals surface area contributed by atoms with Gasteiger partial charge in [-0.1, -0.05) is 30.2 Å². The Balaban J connectivity index is 1.20. The molecule has 6 heterocycles. The molecule has 2 aromatic heterocycles. The molecule has 1 amide bonds. The molecule has 0 bridgehead atoms. The first-order valence-electron chi connectivity index (χ1n) is 20.0. The molecule has 21 heteroatoms. The fraction of sp³-hybridized carbons (Fsp3) is 0.524. The van der Waals surface area contributed by atoms with Crippen LogP contribution in [0.15, 0.2) is 30.3 Å². The molecule has 0 aliphatic carbocycles. The number of alkyl halides is 9. The largest absolute Gasteiger partial charge is 0.461 e. The van der Waals surface area contributed by atoms with Gasteiger partial charge in [0, 0.05) is 43.2 Å². The highest BCUT2D eigenvalue weighted by molar-refractivity contribution is 6.03. The van der Waals surface area contributed by atoms with Crippen LogP contribution in [0.4, 0.5) is 58.9 Å². The second-order valence-corrected chi connectivity index (χ2v) is 17.2. The van der Waals surface area contributed by atoms with Crippen molar-refractivity contribution in [3.63, 3.8) is 0 Å². The van der Waals surface area contributed by atoms with E-state index in [-0.39, 0.29) is 77.9 Å². The van der Waals surface area contributed by atoms with Crippen LogP contribution in [0.5, 0.6) is 6.01 Å². The van der Waals surface area contributed by atoms with Gasteiger partial charge in [0.1, 0.15) is 35.1 Å². The van der Waals surface area contributed by atoms with Crippen LogP contribution < -0.4 is 9.64 Å². The Labute approximate surface area is 352 Å². The van der Waals surface area contributed by atoms with E-state index in [1.807, 2.05) is 4.90 Å². The molecular weight excluding hydrogens is 861 g/mol. The Kier molecular flexibility index (Phi) is 10.7. The molecule has 0 unspecified atom stereocenters. The van der Waals surface area contributed by atoms with Crippen molar-refractivity contribution in [2.75, 3.05) is 44.2 Å². The van der Waals surface area contributed by atoms with E-state index in [1.54, 1.807) is 32.9 Å². The summed E-state index contributed by atoms with van der Waals surface area (Å²) in [6.07, 6.45) is -17.4. The van der Waals surface area contributed by atoms with Crippen molar-refractivity contribution in [2.24, 2.45) is 0 Å². The molecule has 0 N–H and O–H groups in total. The van der Waals surface area contributed by atoms with Gasteiger partial charge < -0.3 is 24.0 Å². The minimum atomic E-state index is -6.91. The lowest BCUT2D eigenvalue weighted by Crippen LogP contribution is -2.68. The first-order valence-corrected chi connectivity index (χ1v) is 20.0. The Morgan fingerprint density at radius 3 is 2.29 bits per heavy atom. The van der Waals surface area contributed by atoms with Crippen LogP contribution in [0.1, 0.15) is 57.7 Å². The normalized spacial score (nSPS) is 22.2. The monoisotopic (exact) mass is 900 g/mol. The third-order valence-electron chi connectivity index (χ3n) is 12.1. The molecule has 0 radical (unpaired) electrons. The number of halogens is 11. The number of terminal acetylenes is 1. The third kappa shape index (κ3) is 7.49. The van der Waals surface area contributed by atoms with Crippen LogP contribution in [0.25, 0.3) is 32.9 Å². The Hall–Kier alpha value is -5.23. The molecule has 63 heavy (non-hydrogen) atoms. The summed E-state index contributed by atoms with van der Waals surface area (Å²) in [7, 11) is 0. The fourth-order valence-electron chi connectivity index (χ4n) is 9.38. The highest BCUT2D eigenvalue weighted by Crippen LogP contribution is 2.57. The average Bonchev–Trinajstić information content (AvgIpc) is 3.68. The number of aryl methyl sites for hydroxylation is 1. The molecule has 10 nitrogen and oxygen atoms in total. The predicted octanol–water partition coefficient (Wildman–Crippen LogP) is 8.90. The highest BCUT2D eigenvalue weighted by atomic mass is 19.4. The number of amides is 1. The van der Waals surface area contributed by atoms with Crippen LogP contribution in [0, 0.1) is 24.0 Å². The van der Waals surface area contributed by atoms with Crippen molar-refractivity contribution >= 4 is 33.6 Å². The number of ether oxygens (including phenoxy) is 3. The first-order chi connectivity index (χ1) is 29.4. The van der Waals surface area contributed by atoms with Gasteiger partial charge >= 0.3 is 36.2 Å². The maximum absolute atomic E-state index is 17.3. The number of anilines is 1. The second kappa shape index (κ2) is 15.2. The molecule has 0 saturated carbocycles. The van der Waals surface area contributed by atoms with Gasteiger partial charge in [0.05, 0.1) is 28.3 Å². The maximum atomic E-state index is 17.3. The minimum Gasteiger partial charge on any atom is -0.461 e. The number of benzene rings is 2. The van der Waals surface area contributed by atoms with E-state index in [2.05, 4.69) is 20.6 Å². The van der Waals surface area contributed by atoms with Gasteiger partial charge in [-0.3, -0.25) is 4.90 Å². The summed E-state index contributed by atoms with van der Waals surface area (Å²) in [5, 5.41) is 0.878. The van der Waals surface area contributed by atoms with Gasteiger partial charge in [-0.2, -0.15) is 49.5 Å². The van der Waals surface area contributed by atoms with Crippen molar-refractivity contribution in [1.82, 2.24) is 24.8 Å². The van der Waals surface area contributed by atoms with Gasteiger partial charge in [0.25, 0.3) is 0 Å². The van der Waals surface area contributed by atoms with Crippen LogP contribution in [0.3, 0.4) is 0 Å². The molecule has 2 aromatic carbocycles. The van der Waals surface area contributed by atoms with Gasteiger partial charge in [-0.05, 0) is 70.9 Å². The minimum absolute atomic E-state index is 0.0841. The topological polar surface area (TPSA) is 93.2 Å². The zero-order chi connectivity index (χ0) is 45.7. The second-order valence-electron chi connectivity index (χ2n) is 17.2. The SMILES string of the molecule is C#Cc1c(F)ccc2cccc(-c3nc4c5c(nc(OC[C@@]67CCCN6C[C@H](OC(C(F)(F)F)(C(F)(F)F)C(F)(F)F)C7)nc5c3F)N3CCN(C(=O)OC(C)(C)C)C[C@H]3CC4)c12. The Morgan fingerprint density at radius 1 is 0.905 bits per heavy atom. The number of hydrogen-bond donors (Lipinski definition) is 0. The number of nitrogens with zero attached hydrogens (tertiary/aromatic N) is 6. The van der Waals surface area contributed by atoms with Gasteiger partial charge in [0.2, 0.25) is 0 Å². The number of carbonyl (C=O) groups is 1. The molecule has 3 fully saturated rings. The molecular formula is C42H39F11N6O4. The first kappa shape index (κ1) is 44.4. The lowest BCUT2D eigenvalue weighted by Gasteiger charge is -2.41. The smallest absolute Gasteiger partial charge is 0.435 e.